The average molecular weight is 252 g/mol. The highest BCUT2D eigenvalue weighted by molar-refractivity contribution is 5.86. The second-order valence-electron chi connectivity index (χ2n) is 6.38. The van der Waals surface area contributed by atoms with Crippen molar-refractivity contribution in [2.75, 3.05) is 0 Å². The van der Waals surface area contributed by atoms with Crippen molar-refractivity contribution in [1.29, 1.82) is 0 Å². The van der Waals surface area contributed by atoms with E-state index in [1.165, 1.54) is 38.5 Å². The van der Waals surface area contributed by atoms with Crippen LogP contribution in [0.2, 0.25) is 0 Å². The van der Waals surface area contributed by atoms with Gasteiger partial charge in [0.25, 0.3) is 0 Å². The van der Waals surface area contributed by atoms with E-state index in [1.54, 1.807) is 0 Å². The summed E-state index contributed by atoms with van der Waals surface area (Å²) in [5, 5.41) is 3.20. The van der Waals surface area contributed by atoms with Gasteiger partial charge in [-0.3, -0.25) is 4.79 Å². The second-order valence-corrected chi connectivity index (χ2v) is 6.38. The summed E-state index contributed by atoms with van der Waals surface area (Å²) in [7, 11) is 0. The zero-order valence-electron chi connectivity index (χ0n) is 11.7. The third kappa shape index (κ3) is 3.25. The zero-order valence-corrected chi connectivity index (χ0v) is 11.7. The Balaban J connectivity index is 1.85. The molecule has 18 heavy (non-hydrogen) atoms. The van der Waals surface area contributed by atoms with E-state index in [4.69, 9.17) is 5.73 Å². The molecule has 1 atom stereocenters. The summed E-state index contributed by atoms with van der Waals surface area (Å²) in [4.78, 5) is 12.3. The molecule has 0 aromatic heterocycles. The Kier molecular flexibility index (Phi) is 4.66. The molecule has 0 aliphatic heterocycles. The Labute approximate surface area is 111 Å². The Hall–Kier alpha value is -0.570. The first-order valence-electron chi connectivity index (χ1n) is 7.72. The molecule has 2 fully saturated rings. The number of rotatable bonds is 3. The lowest BCUT2D eigenvalue weighted by Gasteiger charge is -2.29. The molecule has 0 radical (unpaired) electrons. The van der Waals surface area contributed by atoms with Gasteiger partial charge < -0.3 is 11.1 Å². The van der Waals surface area contributed by atoms with Gasteiger partial charge in [0, 0.05) is 6.04 Å². The standard InChI is InChI=1S/C15H28N2O/c1-12(13-8-4-2-3-5-9-13)17-14(18)15(16)10-6-7-11-15/h12-13H,2-11,16H2,1H3,(H,17,18)/t12-/m1/s1. The highest BCUT2D eigenvalue weighted by Crippen LogP contribution is 2.29. The summed E-state index contributed by atoms with van der Waals surface area (Å²) in [6.45, 7) is 2.16. The minimum Gasteiger partial charge on any atom is -0.352 e. The molecule has 104 valence electrons. The molecule has 0 spiro atoms. The fourth-order valence-electron chi connectivity index (χ4n) is 3.51. The number of nitrogens with one attached hydrogen (secondary N) is 1. The van der Waals surface area contributed by atoms with Crippen molar-refractivity contribution in [1.82, 2.24) is 5.32 Å². The smallest absolute Gasteiger partial charge is 0.240 e. The van der Waals surface area contributed by atoms with Crippen molar-refractivity contribution in [3.05, 3.63) is 0 Å². The quantitative estimate of drug-likeness (QED) is 0.759. The molecule has 3 N–H and O–H groups in total. The van der Waals surface area contributed by atoms with Crippen molar-refractivity contribution < 1.29 is 4.79 Å². The molecule has 1 amide bonds. The summed E-state index contributed by atoms with van der Waals surface area (Å²) in [5.74, 6) is 0.748. The Morgan fingerprint density at radius 1 is 1.11 bits per heavy atom. The number of amides is 1. The molecule has 3 heteroatoms. The summed E-state index contributed by atoms with van der Waals surface area (Å²) < 4.78 is 0. The molecule has 0 bridgehead atoms. The van der Waals surface area contributed by atoms with Crippen LogP contribution in [0.15, 0.2) is 0 Å². The zero-order chi connectivity index (χ0) is 13.0. The first-order chi connectivity index (χ1) is 8.62. The fraction of sp³-hybridized carbons (Fsp3) is 0.933. The lowest BCUT2D eigenvalue weighted by molar-refractivity contribution is -0.127. The van der Waals surface area contributed by atoms with Gasteiger partial charge >= 0.3 is 0 Å². The third-order valence-electron chi connectivity index (χ3n) is 4.91. The topological polar surface area (TPSA) is 55.1 Å². The van der Waals surface area contributed by atoms with E-state index in [-0.39, 0.29) is 11.9 Å². The summed E-state index contributed by atoms with van der Waals surface area (Å²) in [5.41, 5.74) is 5.63. The SMILES string of the molecule is C[C@@H](NC(=O)C1(N)CCCC1)C1CCCCCC1. The molecule has 2 rings (SSSR count). The van der Waals surface area contributed by atoms with Gasteiger partial charge in [0.15, 0.2) is 0 Å². The van der Waals surface area contributed by atoms with E-state index in [0.717, 1.165) is 25.7 Å². The third-order valence-corrected chi connectivity index (χ3v) is 4.91. The molecule has 2 saturated carbocycles. The molecule has 0 heterocycles. The van der Waals surface area contributed by atoms with Crippen LogP contribution in [-0.4, -0.2) is 17.5 Å². The van der Waals surface area contributed by atoms with E-state index >= 15 is 0 Å². The van der Waals surface area contributed by atoms with Crippen LogP contribution in [0.4, 0.5) is 0 Å². The normalized spacial score (nSPS) is 26.6. The van der Waals surface area contributed by atoms with Crippen molar-refractivity contribution in [3.63, 3.8) is 0 Å². The van der Waals surface area contributed by atoms with Gasteiger partial charge in [-0.2, -0.15) is 0 Å². The van der Waals surface area contributed by atoms with Gasteiger partial charge in [-0.05, 0) is 38.5 Å². The largest absolute Gasteiger partial charge is 0.352 e. The maximum Gasteiger partial charge on any atom is 0.240 e. The highest BCUT2D eigenvalue weighted by atomic mass is 16.2. The average Bonchev–Trinajstić information content (AvgIpc) is 2.65. The molecule has 0 aromatic carbocycles. The Bertz CT molecular complexity index is 276. The number of nitrogens with two attached hydrogens (primary N) is 1. The number of carbonyl (C=O) groups excluding carboxylic acids is 1. The molecule has 2 aliphatic rings. The van der Waals surface area contributed by atoms with E-state index in [2.05, 4.69) is 12.2 Å². The van der Waals surface area contributed by atoms with Crippen LogP contribution >= 0.6 is 0 Å². The number of carbonyl (C=O) groups is 1. The molecule has 0 aromatic rings. The predicted octanol–water partition coefficient (Wildman–Crippen LogP) is 2.73. The maximum absolute atomic E-state index is 12.3. The maximum atomic E-state index is 12.3. The first kappa shape index (κ1) is 13.9. The molecule has 3 nitrogen and oxygen atoms in total. The van der Waals surface area contributed by atoms with Crippen LogP contribution in [0, 0.1) is 5.92 Å². The molecule has 2 aliphatic carbocycles. The first-order valence-corrected chi connectivity index (χ1v) is 7.72. The summed E-state index contributed by atoms with van der Waals surface area (Å²) in [6.07, 6.45) is 11.8. The second kappa shape index (κ2) is 6.05. The minimum atomic E-state index is -0.570. The fourth-order valence-corrected chi connectivity index (χ4v) is 3.51. The van der Waals surface area contributed by atoms with Crippen LogP contribution in [0.3, 0.4) is 0 Å². The number of hydrogen-bond donors (Lipinski definition) is 2. The summed E-state index contributed by atoms with van der Waals surface area (Å²) >= 11 is 0. The van der Waals surface area contributed by atoms with Gasteiger partial charge in [-0.25, -0.2) is 0 Å². The van der Waals surface area contributed by atoms with Crippen LogP contribution in [-0.2, 0) is 4.79 Å². The van der Waals surface area contributed by atoms with Gasteiger partial charge in [0.1, 0.15) is 0 Å². The van der Waals surface area contributed by atoms with Crippen LogP contribution < -0.4 is 11.1 Å². The van der Waals surface area contributed by atoms with Crippen molar-refractivity contribution >= 4 is 5.91 Å². The highest BCUT2D eigenvalue weighted by Gasteiger charge is 2.38. The molecule has 0 unspecified atom stereocenters. The molecular weight excluding hydrogens is 224 g/mol. The van der Waals surface area contributed by atoms with E-state index in [0.29, 0.717) is 5.92 Å². The van der Waals surface area contributed by atoms with Crippen LogP contribution in [0.25, 0.3) is 0 Å². The van der Waals surface area contributed by atoms with Crippen molar-refractivity contribution in [2.24, 2.45) is 11.7 Å². The van der Waals surface area contributed by atoms with E-state index in [9.17, 15) is 4.79 Å². The monoisotopic (exact) mass is 252 g/mol. The Morgan fingerprint density at radius 2 is 1.67 bits per heavy atom. The lowest BCUT2D eigenvalue weighted by atomic mass is 9.91. The molecule has 0 saturated heterocycles. The number of hydrogen-bond acceptors (Lipinski definition) is 2. The van der Waals surface area contributed by atoms with Gasteiger partial charge in [0.05, 0.1) is 5.54 Å². The van der Waals surface area contributed by atoms with Crippen molar-refractivity contribution in [3.8, 4) is 0 Å². The van der Waals surface area contributed by atoms with Gasteiger partial charge in [-0.1, -0.05) is 38.5 Å². The molecular formula is C15H28N2O. The minimum absolute atomic E-state index is 0.0942. The summed E-state index contributed by atoms with van der Waals surface area (Å²) in [6, 6.07) is 0.289. The van der Waals surface area contributed by atoms with Crippen LogP contribution in [0.1, 0.15) is 71.1 Å². The Morgan fingerprint density at radius 3 is 2.22 bits per heavy atom. The van der Waals surface area contributed by atoms with E-state index < -0.39 is 5.54 Å². The lowest BCUT2D eigenvalue weighted by Crippen LogP contribution is -2.55. The predicted molar refractivity (Wildman–Crippen MR) is 74.2 cm³/mol. The van der Waals surface area contributed by atoms with Crippen molar-refractivity contribution in [2.45, 2.75) is 82.7 Å². The van der Waals surface area contributed by atoms with Gasteiger partial charge in [0.2, 0.25) is 5.91 Å². The van der Waals surface area contributed by atoms with E-state index in [1.807, 2.05) is 0 Å². The van der Waals surface area contributed by atoms with Gasteiger partial charge in [-0.15, -0.1) is 0 Å². The van der Waals surface area contributed by atoms with Crippen LogP contribution in [0.5, 0.6) is 0 Å².